The maximum absolute atomic E-state index is 13.0. The highest BCUT2D eigenvalue weighted by atomic mass is 19.1. The van der Waals surface area contributed by atoms with Gasteiger partial charge in [0, 0.05) is 7.11 Å². The highest BCUT2D eigenvalue weighted by Gasteiger charge is 2.47. The van der Waals surface area contributed by atoms with E-state index < -0.39 is 18.2 Å². The zero-order chi connectivity index (χ0) is 17.3. The Hall–Kier alpha value is -2.61. The predicted octanol–water partition coefficient (Wildman–Crippen LogP) is 1.40. The standard InChI is InChI=1S/C16H18FN3O4/c1-23-12-5-3-11(4-6-12)20-7-13(21)14(18-20)15(22)19-9-16(8-17,10-19)24-2/h3-7,21H,8-10H2,1-2H3. The molecule has 0 saturated carbocycles. The van der Waals surface area contributed by atoms with Crippen molar-refractivity contribution in [1.82, 2.24) is 14.7 Å². The molecule has 1 aromatic heterocycles. The van der Waals surface area contributed by atoms with Gasteiger partial charge >= 0.3 is 0 Å². The van der Waals surface area contributed by atoms with Gasteiger partial charge in [-0.3, -0.25) is 4.79 Å². The van der Waals surface area contributed by atoms with E-state index in [1.165, 1.54) is 22.9 Å². The Balaban J connectivity index is 1.78. The van der Waals surface area contributed by atoms with E-state index in [0.717, 1.165) is 0 Å². The molecule has 2 aromatic rings. The molecule has 0 bridgehead atoms. The van der Waals surface area contributed by atoms with Crippen molar-refractivity contribution in [1.29, 1.82) is 0 Å². The predicted molar refractivity (Wildman–Crippen MR) is 83.4 cm³/mol. The molecule has 8 heteroatoms. The summed E-state index contributed by atoms with van der Waals surface area (Å²) in [6.07, 6.45) is 1.35. The first-order valence-corrected chi connectivity index (χ1v) is 7.35. The number of aromatic nitrogens is 2. The molecule has 3 rings (SSSR count). The molecule has 0 radical (unpaired) electrons. The number of nitrogens with zero attached hydrogens (tertiary/aromatic N) is 3. The number of ether oxygens (including phenoxy) is 2. The quantitative estimate of drug-likeness (QED) is 0.894. The largest absolute Gasteiger partial charge is 0.504 e. The lowest BCUT2D eigenvalue weighted by Crippen LogP contribution is -2.65. The molecule has 1 saturated heterocycles. The van der Waals surface area contributed by atoms with Gasteiger partial charge in [-0.05, 0) is 24.3 Å². The van der Waals surface area contributed by atoms with Crippen molar-refractivity contribution < 1.29 is 23.8 Å². The minimum atomic E-state index is -0.941. The summed E-state index contributed by atoms with van der Waals surface area (Å²) in [6, 6.07) is 7.00. The fourth-order valence-corrected chi connectivity index (χ4v) is 2.60. The number of amides is 1. The van der Waals surface area contributed by atoms with Crippen LogP contribution in [0.4, 0.5) is 4.39 Å². The SMILES string of the molecule is COc1ccc(-n2cc(O)c(C(=O)N3CC(CF)(OC)C3)n2)cc1. The van der Waals surface area contributed by atoms with Crippen LogP contribution in [0.1, 0.15) is 10.5 Å². The third kappa shape index (κ3) is 2.69. The molecule has 2 heterocycles. The van der Waals surface area contributed by atoms with Crippen molar-refractivity contribution in [2.24, 2.45) is 0 Å². The van der Waals surface area contributed by atoms with E-state index in [-0.39, 0.29) is 24.5 Å². The van der Waals surface area contributed by atoms with Crippen LogP contribution in [0.5, 0.6) is 11.5 Å². The molecule has 0 spiro atoms. The second-order valence-electron chi connectivity index (χ2n) is 5.69. The zero-order valence-electron chi connectivity index (χ0n) is 13.4. The van der Waals surface area contributed by atoms with E-state index in [1.807, 2.05) is 0 Å². The summed E-state index contributed by atoms with van der Waals surface area (Å²) in [4.78, 5) is 13.8. The number of alkyl halides is 1. The first kappa shape index (κ1) is 16.3. The molecule has 0 aliphatic carbocycles. The third-order valence-electron chi connectivity index (χ3n) is 4.16. The summed E-state index contributed by atoms with van der Waals surface area (Å²) < 4.78 is 24.5. The number of carbonyl (C=O) groups is 1. The van der Waals surface area contributed by atoms with Crippen LogP contribution in [0.15, 0.2) is 30.5 Å². The lowest BCUT2D eigenvalue weighted by Gasteiger charge is -2.46. The summed E-state index contributed by atoms with van der Waals surface area (Å²) >= 11 is 0. The van der Waals surface area contributed by atoms with E-state index in [0.29, 0.717) is 11.4 Å². The fourth-order valence-electron chi connectivity index (χ4n) is 2.60. The molecular weight excluding hydrogens is 317 g/mol. The number of methoxy groups -OCH3 is 2. The minimum absolute atomic E-state index is 0.0746. The molecule has 1 amide bonds. The maximum atomic E-state index is 13.0. The van der Waals surface area contributed by atoms with Gasteiger partial charge in [0.25, 0.3) is 5.91 Å². The number of likely N-dealkylation sites (tertiary alicyclic amines) is 1. The Kier molecular flexibility index (Phi) is 4.15. The van der Waals surface area contributed by atoms with Crippen LogP contribution < -0.4 is 4.74 Å². The van der Waals surface area contributed by atoms with Crippen LogP contribution in [0, 0.1) is 0 Å². The van der Waals surface area contributed by atoms with Gasteiger partial charge in [-0.2, -0.15) is 5.10 Å². The Labute approximate surface area is 138 Å². The van der Waals surface area contributed by atoms with Crippen molar-refractivity contribution in [2.75, 3.05) is 34.0 Å². The van der Waals surface area contributed by atoms with Crippen molar-refractivity contribution >= 4 is 5.91 Å². The van der Waals surface area contributed by atoms with E-state index in [4.69, 9.17) is 9.47 Å². The van der Waals surface area contributed by atoms with Crippen LogP contribution in [0.2, 0.25) is 0 Å². The molecule has 128 valence electrons. The first-order chi connectivity index (χ1) is 11.5. The van der Waals surface area contributed by atoms with Gasteiger partial charge in [0.2, 0.25) is 0 Å². The number of benzene rings is 1. The molecule has 24 heavy (non-hydrogen) atoms. The average molecular weight is 335 g/mol. The lowest BCUT2D eigenvalue weighted by molar-refractivity contribution is -0.119. The summed E-state index contributed by atoms with van der Waals surface area (Å²) in [7, 11) is 2.98. The molecule has 0 unspecified atom stereocenters. The maximum Gasteiger partial charge on any atom is 0.278 e. The van der Waals surface area contributed by atoms with Gasteiger partial charge in [-0.25, -0.2) is 9.07 Å². The number of aromatic hydroxyl groups is 1. The van der Waals surface area contributed by atoms with Crippen LogP contribution in [0.25, 0.3) is 5.69 Å². The number of carbonyl (C=O) groups excluding carboxylic acids is 1. The van der Waals surface area contributed by atoms with Gasteiger partial charge < -0.3 is 19.5 Å². The van der Waals surface area contributed by atoms with E-state index in [9.17, 15) is 14.3 Å². The van der Waals surface area contributed by atoms with E-state index in [1.54, 1.807) is 31.4 Å². The first-order valence-electron chi connectivity index (χ1n) is 7.35. The number of hydrogen-bond donors (Lipinski definition) is 1. The van der Waals surface area contributed by atoms with Gasteiger partial charge in [0.1, 0.15) is 18.0 Å². The third-order valence-corrected chi connectivity index (χ3v) is 4.16. The molecule has 1 N–H and O–H groups in total. The summed E-state index contributed by atoms with van der Waals surface area (Å²) in [6.45, 7) is -0.402. The minimum Gasteiger partial charge on any atom is -0.504 e. The molecule has 1 aliphatic heterocycles. The zero-order valence-corrected chi connectivity index (χ0v) is 13.4. The highest BCUT2D eigenvalue weighted by Crippen LogP contribution is 2.29. The van der Waals surface area contributed by atoms with Crippen molar-refractivity contribution in [3.05, 3.63) is 36.2 Å². The summed E-state index contributed by atoms with van der Waals surface area (Å²) in [5, 5.41) is 14.2. The number of hydrogen-bond acceptors (Lipinski definition) is 5. The molecule has 7 nitrogen and oxygen atoms in total. The second-order valence-corrected chi connectivity index (χ2v) is 5.69. The van der Waals surface area contributed by atoms with Gasteiger partial charge in [0.15, 0.2) is 11.4 Å². The smallest absolute Gasteiger partial charge is 0.278 e. The lowest BCUT2D eigenvalue weighted by atomic mass is 9.95. The van der Waals surface area contributed by atoms with Gasteiger partial charge in [-0.1, -0.05) is 0 Å². The molecule has 1 fully saturated rings. The van der Waals surface area contributed by atoms with Gasteiger partial charge in [-0.15, -0.1) is 0 Å². The Morgan fingerprint density at radius 1 is 1.33 bits per heavy atom. The van der Waals surface area contributed by atoms with Crippen LogP contribution in [-0.4, -0.2) is 65.3 Å². The monoisotopic (exact) mass is 335 g/mol. The highest BCUT2D eigenvalue weighted by molar-refractivity contribution is 5.95. The molecule has 1 aromatic carbocycles. The van der Waals surface area contributed by atoms with Crippen LogP contribution in [0.3, 0.4) is 0 Å². The summed E-state index contributed by atoms with van der Waals surface area (Å²) in [5.74, 6) is 0.000931. The second kappa shape index (κ2) is 6.12. The normalized spacial score (nSPS) is 15.9. The number of halogens is 1. The Morgan fingerprint density at radius 3 is 2.54 bits per heavy atom. The van der Waals surface area contributed by atoms with E-state index >= 15 is 0 Å². The molecule has 0 atom stereocenters. The Morgan fingerprint density at radius 2 is 2.00 bits per heavy atom. The topological polar surface area (TPSA) is 76.8 Å². The van der Waals surface area contributed by atoms with E-state index in [2.05, 4.69) is 5.10 Å². The van der Waals surface area contributed by atoms with Gasteiger partial charge in [0.05, 0.1) is 32.1 Å². The number of rotatable bonds is 5. The van der Waals surface area contributed by atoms with Crippen molar-refractivity contribution in [3.8, 4) is 17.2 Å². The van der Waals surface area contributed by atoms with Crippen LogP contribution >= 0.6 is 0 Å². The van der Waals surface area contributed by atoms with Crippen LogP contribution in [-0.2, 0) is 4.74 Å². The average Bonchev–Trinajstić information content (AvgIpc) is 2.96. The molecule has 1 aliphatic rings. The fraction of sp³-hybridized carbons (Fsp3) is 0.375. The Bertz CT molecular complexity index is 732. The molecular formula is C16H18FN3O4. The summed E-state index contributed by atoms with van der Waals surface area (Å²) in [5.41, 5.74) is -0.345. The van der Waals surface area contributed by atoms with Crippen molar-refractivity contribution in [2.45, 2.75) is 5.60 Å². The van der Waals surface area contributed by atoms with Crippen molar-refractivity contribution in [3.63, 3.8) is 0 Å².